The molecule has 0 aliphatic rings. The van der Waals surface area contributed by atoms with Crippen LogP contribution in [0.15, 0.2) is 62.5 Å². The smallest absolute Gasteiger partial charge is 0.340 e. The number of furan rings is 1. The van der Waals surface area contributed by atoms with Gasteiger partial charge in [-0.25, -0.2) is 4.79 Å². The summed E-state index contributed by atoms with van der Waals surface area (Å²) in [5.41, 5.74) is 5.18. The van der Waals surface area contributed by atoms with E-state index in [4.69, 9.17) is 8.83 Å². The number of hydrogen-bond donors (Lipinski definition) is 1. The second-order valence-corrected chi connectivity index (χ2v) is 8.32. The van der Waals surface area contributed by atoms with Crippen LogP contribution in [0.1, 0.15) is 22.3 Å². The largest absolute Gasteiger partial charge is 0.464 e. The number of aryl methyl sites for hydroxylation is 3. The van der Waals surface area contributed by atoms with E-state index in [0.717, 1.165) is 28.3 Å². The van der Waals surface area contributed by atoms with Crippen LogP contribution in [0.2, 0.25) is 0 Å². The lowest BCUT2D eigenvalue weighted by Crippen LogP contribution is -2.29. The van der Waals surface area contributed by atoms with Crippen molar-refractivity contribution < 1.29 is 13.6 Å². The van der Waals surface area contributed by atoms with Crippen LogP contribution in [0, 0.1) is 13.8 Å². The van der Waals surface area contributed by atoms with Crippen molar-refractivity contribution >= 4 is 38.7 Å². The lowest BCUT2D eigenvalue weighted by atomic mass is 10.0. The Bertz CT molecular complexity index is 1550. The van der Waals surface area contributed by atoms with E-state index in [0.29, 0.717) is 23.3 Å². The van der Waals surface area contributed by atoms with Gasteiger partial charge in [0.05, 0.1) is 18.2 Å². The first kappa shape index (κ1) is 20.1. The molecule has 3 aromatic heterocycles. The Balaban J connectivity index is 1.34. The molecule has 0 spiro atoms. The topological polar surface area (TPSA) is 77.4 Å². The quantitative estimate of drug-likeness (QED) is 0.417. The second kappa shape index (κ2) is 7.71. The van der Waals surface area contributed by atoms with E-state index in [1.807, 2.05) is 39.1 Å². The summed E-state index contributed by atoms with van der Waals surface area (Å²) < 4.78 is 13.1. The highest BCUT2D eigenvalue weighted by Crippen LogP contribution is 2.29. The molecule has 0 fully saturated rings. The summed E-state index contributed by atoms with van der Waals surface area (Å²) in [6, 6.07) is 11.9. The van der Waals surface area contributed by atoms with Crippen molar-refractivity contribution in [1.82, 2.24) is 9.88 Å². The standard InChI is InChI=1S/C26H24N2O4/c1-15-14-31-23-12-24-20(10-19(15)23)16(2)21(26(30)32-24)11-25(29)27-9-8-17-13-28(3)22-7-5-4-6-18(17)22/h4-7,10,12-14H,8-9,11H2,1-3H3,(H,27,29). The molecule has 6 heteroatoms. The maximum atomic E-state index is 12.6. The van der Waals surface area contributed by atoms with Gasteiger partial charge in [0.15, 0.2) is 0 Å². The molecule has 32 heavy (non-hydrogen) atoms. The molecule has 162 valence electrons. The van der Waals surface area contributed by atoms with Gasteiger partial charge < -0.3 is 18.7 Å². The molecule has 6 nitrogen and oxygen atoms in total. The number of nitrogens with one attached hydrogen (secondary N) is 1. The minimum absolute atomic E-state index is 0.0119. The van der Waals surface area contributed by atoms with E-state index in [9.17, 15) is 9.59 Å². The van der Waals surface area contributed by atoms with E-state index in [1.165, 1.54) is 16.5 Å². The summed E-state index contributed by atoms with van der Waals surface area (Å²) in [6.07, 6.45) is 4.48. The van der Waals surface area contributed by atoms with E-state index in [1.54, 1.807) is 12.3 Å². The van der Waals surface area contributed by atoms with E-state index >= 15 is 0 Å². The minimum Gasteiger partial charge on any atom is -0.464 e. The summed E-state index contributed by atoms with van der Waals surface area (Å²) in [5.74, 6) is -0.194. The number of para-hydroxylation sites is 1. The normalized spacial score (nSPS) is 11.6. The average Bonchev–Trinajstić information content (AvgIpc) is 3.30. The van der Waals surface area contributed by atoms with Crippen LogP contribution in [0.5, 0.6) is 0 Å². The summed E-state index contributed by atoms with van der Waals surface area (Å²) in [4.78, 5) is 25.2. The summed E-state index contributed by atoms with van der Waals surface area (Å²) in [7, 11) is 2.02. The molecular weight excluding hydrogens is 404 g/mol. The van der Waals surface area contributed by atoms with E-state index < -0.39 is 5.63 Å². The molecule has 0 unspecified atom stereocenters. The predicted molar refractivity (Wildman–Crippen MR) is 125 cm³/mol. The van der Waals surface area contributed by atoms with Gasteiger partial charge in [-0.15, -0.1) is 0 Å². The van der Waals surface area contributed by atoms with E-state index in [2.05, 4.69) is 28.2 Å². The Labute approximate surface area is 184 Å². The number of hydrogen-bond acceptors (Lipinski definition) is 4. The molecule has 1 N–H and O–H groups in total. The molecule has 5 rings (SSSR count). The van der Waals surface area contributed by atoms with Crippen LogP contribution in [0.3, 0.4) is 0 Å². The van der Waals surface area contributed by atoms with Crippen molar-refractivity contribution in [3.8, 4) is 0 Å². The molecule has 0 atom stereocenters. The molecular formula is C26H24N2O4. The molecule has 0 bridgehead atoms. The summed E-state index contributed by atoms with van der Waals surface area (Å²) >= 11 is 0. The fourth-order valence-corrected chi connectivity index (χ4v) is 4.43. The predicted octanol–water partition coefficient (Wildman–Crippen LogP) is 4.55. The molecule has 0 radical (unpaired) electrons. The van der Waals surface area contributed by atoms with Gasteiger partial charge in [-0.2, -0.15) is 0 Å². The van der Waals surface area contributed by atoms with Crippen LogP contribution in [-0.2, 0) is 24.7 Å². The number of aromatic nitrogens is 1. The van der Waals surface area contributed by atoms with E-state index in [-0.39, 0.29) is 12.3 Å². The molecule has 1 amide bonds. The van der Waals surface area contributed by atoms with Crippen molar-refractivity contribution in [3.63, 3.8) is 0 Å². The first-order valence-corrected chi connectivity index (χ1v) is 10.7. The van der Waals surface area contributed by atoms with Gasteiger partial charge in [-0.3, -0.25) is 4.79 Å². The van der Waals surface area contributed by atoms with Crippen LogP contribution in [0.25, 0.3) is 32.8 Å². The summed E-state index contributed by atoms with van der Waals surface area (Å²) in [6.45, 7) is 4.33. The molecule has 0 saturated carbocycles. The third kappa shape index (κ3) is 3.38. The Morgan fingerprint density at radius 3 is 2.72 bits per heavy atom. The third-order valence-electron chi connectivity index (χ3n) is 6.21. The lowest BCUT2D eigenvalue weighted by molar-refractivity contribution is -0.120. The van der Waals surface area contributed by atoms with Crippen LogP contribution in [0.4, 0.5) is 0 Å². The van der Waals surface area contributed by atoms with Crippen molar-refractivity contribution in [1.29, 1.82) is 0 Å². The second-order valence-electron chi connectivity index (χ2n) is 8.32. The third-order valence-corrected chi connectivity index (χ3v) is 6.21. The molecule has 2 aromatic carbocycles. The molecule has 0 aliphatic carbocycles. The van der Waals surface area contributed by atoms with Gasteiger partial charge in [0.1, 0.15) is 11.2 Å². The molecule has 3 heterocycles. The van der Waals surface area contributed by atoms with Gasteiger partial charge in [0, 0.05) is 47.5 Å². The van der Waals surface area contributed by atoms with Gasteiger partial charge in [0.25, 0.3) is 0 Å². The molecule has 0 aliphatic heterocycles. The number of rotatable bonds is 5. The van der Waals surface area contributed by atoms with Gasteiger partial charge in [0.2, 0.25) is 5.91 Å². The van der Waals surface area contributed by atoms with Crippen molar-refractivity contribution in [2.24, 2.45) is 7.05 Å². The number of nitrogens with zero attached hydrogens (tertiary/aromatic N) is 1. The van der Waals surface area contributed by atoms with Crippen LogP contribution in [-0.4, -0.2) is 17.0 Å². The van der Waals surface area contributed by atoms with Crippen LogP contribution < -0.4 is 10.9 Å². The fraction of sp³-hybridized carbons (Fsp3) is 0.231. The van der Waals surface area contributed by atoms with Gasteiger partial charge in [-0.1, -0.05) is 18.2 Å². The summed E-state index contributed by atoms with van der Waals surface area (Å²) in [5, 5.41) is 5.93. The Morgan fingerprint density at radius 1 is 1.06 bits per heavy atom. The molecule has 0 saturated heterocycles. The van der Waals surface area contributed by atoms with Crippen LogP contribution >= 0.6 is 0 Å². The van der Waals surface area contributed by atoms with Crippen molar-refractivity contribution in [2.75, 3.05) is 6.54 Å². The van der Waals surface area contributed by atoms with Crippen molar-refractivity contribution in [2.45, 2.75) is 26.7 Å². The zero-order valence-corrected chi connectivity index (χ0v) is 18.3. The van der Waals surface area contributed by atoms with Gasteiger partial charge in [-0.05, 0) is 49.1 Å². The zero-order chi connectivity index (χ0) is 22.4. The highest BCUT2D eigenvalue weighted by atomic mass is 16.4. The first-order chi connectivity index (χ1) is 15.4. The number of carbonyl (C=O) groups excluding carboxylic acids is 1. The average molecular weight is 428 g/mol. The highest BCUT2D eigenvalue weighted by molar-refractivity contribution is 5.96. The maximum absolute atomic E-state index is 12.6. The number of benzene rings is 2. The number of fused-ring (bicyclic) bond motifs is 3. The zero-order valence-electron chi connectivity index (χ0n) is 18.3. The van der Waals surface area contributed by atoms with Gasteiger partial charge >= 0.3 is 5.63 Å². The molecule has 5 aromatic rings. The fourth-order valence-electron chi connectivity index (χ4n) is 4.43. The Kier molecular flexibility index (Phi) is 4.85. The lowest BCUT2D eigenvalue weighted by Gasteiger charge is -2.09. The minimum atomic E-state index is -0.484. The first-order valence-electron chi connectivity index (χ1n) is 10.7. The number of amides is 1. The highest BCUT2D eigenvalue weighted by Gasteiger charge is 2.17. The monoisotopic (exact) mass is 428 g/mol. The Morgan fingerprint density at radius 2 is 1.88 bits per heavy atom. The maximum Gasteiger partial charge on any atom is 0.340 e. The van der Waals surface area contributed by atoms with Crippen molar-refractivity contribution in [3.05, 3.63) is 81.5 Å². The number of carbonyl (C=O) groups is 1. The Hall–Kier alpha value is -3.80. The SMILES string of the molecule is Cc1coc2cc3oc(=O)c(CC(=O)NCCc4cn(C)c5ccccc45)c(C)c3cc12.